The zero-order chi connectivity index (χ0) is 34.6. The van der Waals surface area contributed by atoms with Crippen molar-refractivity contribution < 1.29 is 23.7 Å². The van der Waals surface area contributed by atoms with Crippen molar-refractivity contribution in [1.29, 1.82) is 0 Å². The molecule has 10 heteroatoms. The van der Waals surface area contributed by atoms with E-state index in [4.69, 9.17) is 23.9 Å². The van der Waals surface area contributed by atoms with Crippen LogP contribution in [0.3, 0.4) is 0 Å². The zero-order valence-corrected chi connectivity index (χ0v) is 28.8. The third-order valence-electron chi connectivity index (χ3n) is 8.90. The molecule has 6 rings (SSSR count). The van der Waals surface area contributed by atoms with Crippen LogP contribution in [0.1, 0.15) is 51.2 Å². The molecule has 0 saturated carbocycles. The highest BCUT2D eigenvalue weighted by molar-refractivity contribution is 5.82. The van der Waals surface area contributed by atoms with Crippen LogP contribution in [0.4, 0.5) is 5.69 Å². The average molecular weight is 665 g/mol. The molecular weight excluding hydrogens is 620 g/mol. The predicted octanol–water partition coefficient (Wildman–Crippen LogP) is 6.60. The fourth-order valence-electron chi connectivity index (χ4n) is 6.25. The Hall–Kier alpha value is -5.09. The van der Waals surface area contributed by atoms with Crippen LogP contribution in [0.15, 0.2) is 95.8 Å². The molecule has 0 spiro atoms. The number of carbonyl (C=O) groups excluding carboxylic acids is 1. The van der Waals surface area contributed by atoms with Gasteiger partial charge < -0.3 is 23.8 Å². The lowest BCUT2D eigenvalue weighted by Crippen LogP contribution is -2.47. The minimum Gasteiger partial charge on any atom is -0.473 e. The van der Waals surface area contributed by atoms with E-state index in [1.54, 1.807) is 29.4 Å². The van der Waals surface area contributed by atoms with Gasteiger partial charge in [0.25, 0.3) is 0 Å². The van der Waals surface area contributed by atoms with E-state index in [0.717, 1.165) is 27.8 Å². The molecule has 0 aliphatic carbocycles. The first-order valence-corrected chi connectivity index (χ1v) is 16.6. The van der Waals surface area contributed by atoms with Crippen molar-refractivity contribution in [3.05, 3.63) is 113 Å². The summed E-state index contributed by atoms with van der Waals surface area (Å²) < 4.78 is 27.1. The van der Waals surface area contributed by atoms with Gasteiger partial charge in [0.2, 0.25) is 11.8 Å². The molecule has 0 unspecified atom stereocenters. The summed E-state index contributed by atoms with van der Waals surface area (Å²) >= 11 is 0. The van der Waals surface area contributed by atoms with Crippen LogP contribution in [-0.2, 0) is 34.5 Å². The number of rotatable bonds is 11. The van der Waals surface area contributed by atoms with Crippen molar-refractivity contribution in [2.24, 2.45) is 7.05 Å². The standard InChI is InChI=1S/C39H44N4O6/c1-38(2,3)49-35(44)25-39(46-5)20-22-42(23-21-39)30-16-17-31-33(24-30)41(4)37(45)43(31)32-18-19-34(47-26-28-12-8-6-9-13-28)40-36(32)48-27-29-14-10-7-11-15-29/h6-19,24H,20-23,25-27H2,1-5H3. The van der Waals surface area contributed by atoms with E-state index in [0.29, 0.717) is 50.0 Å². The van der Waals surface area contributed by atoms with Crippen LogP contribution in [0.25, 0.3) is 16.7 Å². The second-order valence-electron chi connectivity index (χ2n) is 13.5. The summed E-state index contributed by atoms with van der Waals surface area (Å²) in [6, 6.07) is 29.3. The summed E-state index contributed by atoms with van der Waals surface area (Å²) in [5.74, 6) is 0.443. The molecule has 0 radical (unpaired) electrons. The number of pyridine rings is 1. The average Bonchev–Trinajstić information content (AvgIpc) is 3.35. The summed E-state index contributed by atoms with van der Waals surface area (Å²) in [5, 5.41) is 0. The number of ether oxygens (including phenoxy) is 4. The molecule has 0 N–H and O–H groups in total. The smallest absolute Gasteiger partial charge is 0.333 e. The molecule has 3 heterocycles. The molecule has 2 aromatic heterocycles. The largest absolute Gasteiger partial charge is 0.473 e. The number of piperidine rings is 1. The third-order valence-corrected chi connectivity index (χ3v) is 8.90. The van der Waals surface area contributed by atoms with Crippen LogP contribution in [0.2, 0.25) is 0 Å². The van der Waals surface area contributed by atoms with Gasteiger partial charge in [0.1, 0.15) is 24.5 Å². The van der Waals surface area contributed by atoms with E-state index in [1.165, 1.54) is 0 Å². The molecule has 0 bridgehead atoms. The number of esters is 1. The first kappa shape index (κ1) is 33.8. The summed E-state index contributed by atoms with van der Waals surface area (Å²) in [4.78, 5) is 33.5. The Morgan fingerprint density at radius 3 is 2.08 bits per heavy atom. The zero-order valence-electron chi connectivity index (χ0n) is 28.8. The van der Waals surface area contributed by atoms with Gasteiger partial charge >= 0.3 is 11.7 Å². The second-order valence-corrected chi connectivity index (χ2v) is 13.5. The van der Waals surface area contributed by atoms with E-state index < -0.39 is 11.2 Å². The number of nitrogens with zero attached hydrogens (tertiary/aromatic N) is 4. The van der Waals surface area contributed by atoms with Crippen LogP contribution in [0, 0.1) is 0 Å². The van der Waals surface area contributed by atoms with E-state index in [2.05, 4.69) is 4.90 Å². The molecule has 0 amide bonds. The maximum absolute atomic E-state index is 13.9. The van der Waals surface area contributed by atoms with Crippen molar-refractivity contribution in [1.82, 2.24) is 14.1 Å². The van der Waals surface area contributed by atoms with Gasteiger partial charge in [-0.25, -0.2) is 4.79 Å². The molecule has 1 aliphatic heterocycles. The lowest BCUT2D eigenvalue weighted by molar-refractivity contribution is -0.162. The normalized spacial score (nSPS) is 14.5. The van der Waals surface area contributed by atoms with Crippen LogP contribution >= 0.6 is 0 Å². The molecule has 256 valence electrons. The van der Waals surface area contributed by atoms with Gasteiger partial charge in [-0.2, -0.15) is 4.98 Å². The Labute approximate surface area is 286 Å². The molecular formula is C39H44N4O6. The highest BCUT2D eigenvalue weighted by Crippen LogP contribution is 2.34. The number of fused-ring (bicyclic) bond motifs is 1. The van der Waals surface area contributed by atoms with Crippen molar-refractivity contribution in [2.75, 3.05) is 25.1 Å². The Kier molecular flexibility index (Phi) is 9.78. The Morgan fingerprint density at radius 2 is 1.47 bits per heavy atom. The van der Waals surface area contributed by atoms with Crippen molar-refractivity contribution >= 4 is 22.7 Å². The number of hydrogen-bond acceptors (Lipinski definition) is 8. The molecule has 1 saturated heterocycles. The van der Waals surface area contributed by atoms with E-state index in [9.17, 15) is 9.59 Å². The van der Waals surface area contributed by atoms with Gasteiger partial charge in [-0.3, -0.25) is 13.9 Å². The number of aromatic nitrogens is 3. The Balaban J connectivity index is 1.27. The first-order valence-electron chi connectivity index (χ1n) is 16.6. The third kappa shape index (κ3) is 7.81. The van der Waals surface area contributed by atoms with Crippen LogP contribution < -0.4 is 20.1 Å². The fraction of sp³-hybridized carbons (Fsp3) is 0.359. The van der Waals surface area contributed by atoms with Gasteiger partial charge in [-0.1, -0.05) is 60.7 Å². The molecule has 0 atom stereocenters. The minimum atomic E-state index is -0.570. The van der Waals surface area contributed by atoms with Gasteiger partial charge in [0.05, 0.1) is 23.1 Å². The Bertz CT molecular complexity index is 1960. The molecule has 3 aromatic carbocycles. The number of imidazole rings is 1. The summed E-state index contributed by atoms with van der Waals surface area (Å²) in [5.41, 5.74) is 3.69. The highest BCUT2D eigenvalue weighted by atomic mass is 16.6. The number of benzene rings is 3. The lowest BCUT2D eigenvalue weighted by Gasteiger charge is -2.41. The number of hydrogen-bond donors (Lipinski definition) is 0. The van der Waals surface area contributed by atoms with E-state index in [1.807, 2.05) is 106 Å². The number of methoxy groups -OCH3 is 1. The molecule has 10 nitrogen and oxygen atoms in total. The number of carbonyl (C=O) groups is 1. The van der Waals surface area contributed by atoms with Crippen molar-refractivity contribution in [3.63, 3.8) is 0 Å². The highest BCUT2D eigenvalue weighted by Gasteiger charge is 2.38. The van der Waals surface area contributed by atoms with Gasteiger partial charge in [0.15, 0.2) is 0 Å². The lowest BCUT2D eigenvalue weighted by atomic mass is 9.87. The van der Waals surface area contributed by atoms with Crippen molar-refractivity contribution in [2.45, 2.75) is 64.4 Å². The first-order chi connectivity index (χ1) is 23.5. The van der Waals surface area contributed by atoms with E-state index >= 15 is 0 Å². The summed E-state index contributed by atoms with van der Waals surface area (Å²) in [6.07, 6.45) is 1.56. The van der Waals surface area contributed by atoms with E-state index in [-0.39, 0.29) is 24.7 Å². The van der Waals surface area contributed by atoms with Gasteiger partial charge in [-0.15, -0.1) is 0 Å². The topological polar surface area (TPSA) is 97.1 Å². The molecule has 1 aliphatic rings. The predicted molar refractivity (Wildman–Crippen MR) is 190 cm³/mol. The van der Waals surface area contributed by atoms with Gasteiger partial charge in [-0.05, 0) is 69.0 Å². The summed E-state index contributed by atoms with van der Waals surface area (Å²) in [6.45, 7) is 7.63. The number of anilines is 1. The molecule has 5 aromatic rings. The minimum absolute atomic E-state index is 0.212. The quantitative estimate of drug-likeness (QED) is 0.146. The van der Waals surface area contributed by atoms with Crippen LogP contribution in [-0.4, -0.2) is 51.5 Å². The maximum Gasteiger partial charge on any atom is 0.333 e. The van der Waals surface area contributed by atoms with Crippen molar-refractivity contribution in [3.8, 4) is 17.4 Å². The fourth-order valence-corrected chi connectivity index (χ4v) is 6.25. The summed E-state index contributed by atoms with van der Waals surface area (Å²) in [7, 11) is 3.44. The SMILES string of the molecule is COC1(CC(=O)OC(C)(C)C)CCN(c2ccc3c(c2)n(C)c(=O)n3-c2ccc(OCc3ccccc3)nc2OCc2ccccc2)CC1. The monoisotopic (exact) mass is 664 g/mol. The second kappa shape index (κ2) is 14.2. The molecule has 49 heavy (non-hydrogen) atoms. The maximum atomic E-state index is 13.9. The Morgan fingerprint density at radius 1 is 0.837 bits per heavy atom. The van der Waals surface area contributed by atoms with Crippen LogP contribution in [0.5, 0.6) is 11.8 Å². The van der Waals surface area contributed by atoms with Gasteiger partial charge in [0, 0.05) is 39.0 Å². The molecule has 1 fully saturated rings. The number of aryl methyl sites for hydroxylation is 1.